The Bertz CT molecular complexity index is 374. The van der Waals surface area contributed by atoms with Gasteiger partial charge in [0.1, 0.15) is 11.5 Å². The summed E-state index contributed by atoms with van der Waals surface area (Å²) >= 11 is 0. The molecular weight excluding hydrogens is 200 g/mol. The van der Waals surface area contributed by atoms with E-state index >= 15 is 0 Å². The highest BCUT2D eigenvalue weighted by Gasteiger charge is 2.36. The minimum absolute atomic E-state index is 0.359. The number of nitrogens with zero attached hydrogens (tertiary/aromatic N) is 1. The van der Waals surface area contributed by atoms with Crippen LogP contribution in [0, 0.1) is 5.92 Å². The third-order valence-corrected chi connectivity index (χ3v) is 3.85. The van der Waals surface area contributed by atoms with Gasteiger partial charge in [-0.05, 0) is 30.9 Å². The minimum Gasteiger partial charge on any atom is -0.464 e. The van der Waals surface area contributed by atoms with Crippen molar-refractivity contribution in [2.24, 2.45) is 11.7 Å². The molecule has 2 fully saturated rings. The van der Waals surface area contributed by atoms with E-state index in [0.717, 1.165) is 37.7 Å². The number of hydrogen-bond donors (Lipinski definition) is 1. The molecule has 1 aliphatic heterocycles. The summed E-state index contributed by atoms with van der Waals surface area (Å²) in [6.07, 6.45) is 2.41. The van der Waals surface area contributed by atoms with Crippen LogP contribution in [-0.4, -0.2) is 24.0 Å². The first-order valence-electron chi connectivity index (χ1n) is 6.29. The molecule has 1 aromatic rings. The Balaban J connectivity index is 1.60. The van der Waals surface area contributed by atoms with E-state index in [1.165, 1.54) is 12.2 Å². The van der Waals surface area contributed by atoms with Crippen molar-refractivity contribution in [3.63, 3.8) is 0 Å². The van der Waals surface area contributed by atoms with Crippen molar-refractivity contribution >= 4 is 0 Å². The third kappa shape index (κ3) is 2.02. The lowest BCUT2D eigenvalue weighted by Gasteiger charge is -2.12. The second-order valence-corrected chi connectivity index (χ2v) is 5.41. The zero-order chi connectivity index (χ0) is 11.1. The SMILES string of the molecule is CC1CC1c1ccc(CN2CCC(N)C2)o1. The molecule has 3 unspecified atom stereocenters. The van der Waals surface area contributed by atoms with E-state index in [2.05, 4.69) is 24.0 Å². The smallest absolute Gasteiger partial charge is 0.118 e. The largest absolute Gasteiger partial charge is 0.464 e. The van der Waals surface area contributed by atoms with E-state index in [1.54, 1.807) is 0 Å². The molecule has 1 aliphatic carbocycles. The molecule has 88 valence electrons. The lowest BCUT2D eigenvalue weighted by atomic mass is 10.3. The Hall–Kier alpha value is -0.800. The van der Waals surface area contributed by atoms with Gasteiger partial charge in [-0.25, -0.2) is 0 Å². The van der Waals surface area contributed by atoms with Gasteiger partial charge in [0.25, 0.3) is 0 Å². The predicted octanol–water partition coefficient (Wildman–Crippen LogP) is 1.94. The zero-order valence-electron chi connectivity index (χ0n) is 9.86. The Morgan fingerprint density at radius 1 is 1.50 bits per heavy atom. The van der Waals surface area contributed by atoms with Gasteiger partial charge >= 0.3 is 0 Å². The summed E-state index contributed by atoms with van der Waals surface area (Å²) in [4.78, 5) is 2.38. The predicted molar refractivity (Wildman–Crippen MR) is 63.1 cm³/mol. The normalized spacial score (nSPS) is 34.5. The van der Waals surface area contributed by atoms with Gasteiger partial charge in [-0.2, -0.15) is 0 Å². The zero-order valence-corrected chi connectivity index (χ0v) is 9.86. The fourth-order valence-corrected chi connectivity index (χ4v) is 2.62. The molecule has 1 saturated carbocycles. The number of nitrogens with two attached hydrogens (primary N) is 1. The maximum Gasteiger partial charge on any atom is 0.118 e. The summed E-state index contributed by atoms with van der Waals surface area (Å²) < 4.78 is 5.89. The maximum absolute atomic E-state index is 5.89. The second-order valence-electron chi connectivity index (χ2n) is 5.41. The molecule has 0 amide bonds. The Morgan fingerprint density at radius 2 is 2.31 bits per heavy atom. The average Bonchev–Trinajstić information content (AvgIpc) is 2.65. The van der Waals surface area contributed by atoms with E-state index < -0.39 is 0 Å². The molecule has 0 spiro atoms. The summed E-state index contributed by atoms with van der Waals surface area (Å²) in [5.74, 6) is 3.79. The minimum atomic E-state index is 0.359. The van der Waals surface area contributed by atoms with Crippen LogP contribution in [0.5, 0.6) is 0 Å². The molecule has 16 heavy (non-hydrogen) atoms. The number of likely N-dealkylation sites (tertiary alicyclic amines) is 1. The molecule has 0 radical (unpaired) electrons. The Morgan fingerprint density at radius 3 is 2.94 bits per heavy atom. The van der Waals surface area contributed by atoms with Crippen LogP contribution in [0.1, 0.15) is 37.2 Å². The van der Waals surface area contributed by atoms with Crippen molar-refractivity contribution in [2.75, 3.05) is 13.1 Å². The number of furan rings is 1. The van der Waals surface area contributed by atoms with E-state index in [1.807, 2.05) is 0 Å². The van der Waals surface area contributed by atoms with Gasteiger partial charge in [0.05, 0.1) is 6.54 Å². The second kappa shape index (κ2) is 3.90. The Kier molecular flexibility index (Phi) is 2.52. The van der Waals surface area contributed by atoms with Crippen molar-refractivity contribution in [3.05, 3.63) is 23.7 Å². The molecule has 3 atom stereocenters. The average molecular weight is 220 g/mol. The molecular formula is C13H20N2O. The molecule has 3 heteroatoms. The monoisotopic (exact) mass is 220 g/mol. The van der Waals surface area contributed by atoms with E-state index in [0.29, 0.717) is 12.0 Å². The standard InChI is InChI=1S/C13H20N2O/c1-9-6-12(9)13-3-2-11(16-13)8-15-5-4-10(14)7-15/h2-3,9-10,12H,4-8,14H2,1H3. The van der Waals surface area contributed by atoms with Crippen LogP contribution in [0.2, 0.25) is 0 Å². The van der Waals surface area contributed by atoms with Crippen molar-refractivity contribution in [1.82, 2.24) is 4.90 Å². The lowest BCUT2D eigenvalue weighted by molar-refractivity contribution is 0.289. The van der Waals surface area contributed by atoms with Crippen LogP contribution in [0.4, 0.5) is 0 Å². The maximum atomic E-state index is 5.89. The molecule has 0 aromatic carbocycles. The molecule has 3 rings (SSSR count). The molecule has 2 heterocycles. The van der Waals surface area contributed by atoms with Gasteiger partial charge in [-0.15, -0.1) is 0 Å². The van der Waals surface area contributed by atoms with Crippen LogP contribution in [0.15, 0.2) is 16.5 Å². The molecule has 1 aromatic heterocycles. The van der Waals surface area contributed by atoms with E-state index in [9.17, 15) is 0 Å². The van der Waals surface area contributed by atoms with Gasteiger partial charge in [0.2, 0.25) is 0 Å². The highest BCUT2D eigenvalue weighted by atomic mass is 16.3. The lowest BCUT2D eigenvalue weighted by Crippen LogP contribution is -2.26. The fraction of sp³-hybridized carbons (Fsp3) is 0.692. The summed E-state index contributed by atoms with van der Waals surface area (Å²) in [7, 11) is 0. The topological polar surface area (TPSA) is 42.4 Å². The number of hydrogen-bond acceptors (Lipinski definition) is 3. The highest BCUT2D eigenvalue weighted by molar-refractivity contribution is 5.17. The molecule has 0 bridgehead atoms. The van der Waals surface area contributed by atoms with Crippen molar-refractivity contribution in [1.29, 1.82) is 0 Å². The van der Waals surface area contributed by atoms with Gasteiger partial charge < -0.3 is 10.2 Å². The fourth-order valence-electron chi connectivity index (χ4n) is 2.62. The molecule has 3 nitrogen and oxygen atoms in total. The first-order chi connectivity index (χ1) is 7.72. The van der Waals surface area contributed by atoms with Crippen molar-refractivity contribution < 1.29 is 4.42 Å². The Labute approximate surface area is 96.6 Å². The summed E-state index contributed by atoms with van der Waals surface area (Å²) in [6.45, 7) is 5.33. The van der Waals surface area contributed by atoms with Crippen LogP contribution < -0.4 is 5.73 Å². The first kappa shape index (κ1) is 10.4. The summed E-state index contributed by atoms with van der Waals surface area (Å²) in [6, 6.07) is 4.64. The van der Waals surface area contributed by atoms with E-state index in [-0.39, 0.29) is 0 Å². The van der Waals surface area contributed by atoms with E-state index in [4.69, 9.17) is 10.2 Å². The summed E-state index contributed by atoms with van der Waals surface area (Å²) in [5.41, 5.74) is 5.89. The highest BCUT2D eigenvalue weighted by Crippen LogP contribution is 2.47. The molecule has 2 aliphatic rings. The third-order valence-electron chi connectivity index (χ3n) is 3.85. The van der Waals surface area contributed by atoms with Crippen LogP contribution >= 0.6 is 0 Å². The van der Waals surface area contributed by atoms with Crippen LogP contribution in [-0.2, 0) is 6.54 Å². The molecule has 1 saturated heterocycles. The van der Waals surface area contributed by atoms with Gasteiger partial charge in [-0.3, -0.25) is 4.90 Å². The van der Waals surface area contributed by atoms with Gasteiger partial charge in [-0.1, -0.05) is 6.92 Å². The van der Waals surface area contributed by atoms with Crippen LogP contribution in [0.25, 0.3) is 0 Å². The van der Waals surface area contributed by atoms with Gasteiger partial charge in [0.15, 0.2) is 0 Å². The number of rotatable bonds is 3. The first-order valence-corrected chi connectivity index (χ1v) is 6.29. The summed E-state index contributed by atoms with van der Waals surface area (Å²) in [5, 5.41) is 0. The molecule has 2 N–H and O–H groups in total. The van der Waals surface area contributed by atoms with Crippen molar-refractivity contribution in [3.8, 4) is 0 Å². The van der Waals surface area contributed by atoms with Crippen molar-refractivity contribution in [2.45, 2.75) is 38.3 Å². The van der Waals surface area contributed by atoms with Crippen LogP contribution in [0.3, 0.4) is 0 Å². The quantitative estimate of drug-likeness (QED) is 0.846. The van der Waals surface area contributed by atoms with Gasteiger partial charge in [0, 0.05) is 25.0 Å².